The first kappa shape index (κ1) is 15.5. The van der Waals surface area contributed by atoms with E-state index in [1.807, 2.05) is 43.3 Å². The Morgan fingerprint density at radius 1 is 1.35 bits per heavy atom. The van der Waals surface area contributed by atoms with Crippen molar-refractivity contribution < 1.29 is 9.21 Å². The molecule has 2 heterocycles. The Hall–Kier alpha value is -2.44. The molecule has 0 aliphatic rings. The van der Waals surface area contributed by atoms with E-state index < -0.39 is 0 Å². The summed E-state index contributed by atoms with van der Waals surface area (Å²) in [6.45, 7) is 2.42. The number of rotatable bonds is 5. The zero-order valence-corrected chi connectivity index (χ0v) is 13.5. The molecule has 118 valence electrons. The second-order valence-electron chi connectivity index (χ2n) is 5.12. The lowest BCUT2D eigenvalue weighted by Gasteiger charge is -2.05. The number of hydrogen-bond donors (Lipinski definition) is 2. The summed E-state index contributed by atoms with van der Waals surface area (Å²) in [6.07, 6.45) is 1.85. The Balaban J connectivity index is 1.69. The Kier molecular flexibility index (Phi) is 4.55. The highest BCUT2D eigenvalue weighted by atomic mass is 32.1. The first-order valence-corrected chi connectivity index (χ1v) is 8.06. The zero-order valence-electron chi connectivity index (χ0n) is 12.7. The lowest BCUT2D eigenvalue weighted by molar-refractivity contribution is -0.115. The van der Waals surface area contributed by atoms with Crippen molar-refractivity contribution in [2.75, 3.05) is 5.32 Å². The molecule has 23 heavy (non-hydrogen) atoms. The number of amides is 1. The van der Waals surface area contributed by atoms with Gasteiger partial charge in [-0.2, -0.15) is 0 Å². The van der Waals surface area contributed by atoms with Crippen LogP contribution in [-0.4, -0.2) is 10.9 Å². The first-order chi connectivity index (χ1) is 11.2. The smallest absolute Gasteiger partial charge is 0.231 e. The summed E-state index contributed by atoms with van der Waals surface area (Å²) in [5, 5.41) is 3.64. The van der Waals surface area contributed by atoms with Gasteiger partial charge in [0.2, 0.25) is 5.91 Å². The van der Waals surface area contributed by atoms with Crippen LogP contribution < -0.4 is 11.1 Å². The molecule has 0 unspecified atom stereocenters. The van der Waals surface area contributed by atoms with Gasteiger partial charge in [-0.15, -0.1) is 11.3 Å². The number of anilines is 1. The third-order valence-corrected chi connectivity index (χ3v) is 4.32. The molecule has 1 aromatic carbocycles. The normalized spacial score (nSPS) is 10.7. The quantitative estimate of drug-likeness (QED) is 0.753. The largest absolute Gasteiger partial charge is 0.463 e. The van der Waals surface area contributed by atoms with Crippen molar-refractivity contribution in [2.45, 2.75) is 19.9 Å². The lowest BCUT2D eigenvalue weighted by atomic mass is 10.2. The molecule has 0 saturated heterocycles. The molecule has 6 heteroatoms. The molecule has 3 N–H and O–H groups in total. The van der Waals surface area contributed by atoms with Gasteiger partial charge in [0.15, 0.2) is 5.76 Å². The number of hydrogen-bond acceptors (Lipinski definition) is 5. The molecule has 0 aliphatic carbocycles. The monoisotopic (exact) mass is 327 g/mol. The highest BCUT2D eigenvalue weighted by molar-refractivity contribution is 7.12. The van der Waals surface area contributed by atoms with Crippen LogP contribution in [0, 0.1) is 6.92 Å². The van der Waals surface area contributed by atoms with Gasteiger partial charge in [0.1, 0.15) is 10.7 Å². The maximum atomic E-state index is 12.2. The van der Waals surface area contributed by atoms with E-state index in [-0.39, 0.29) is 12.3 Å². The van der Waals surface area contributed by atoms with Crippen LogP contribution in [0.3, 0.4) is 0 Å². The molecule has 2 aromatic heterocycles. The Morgan fingerprint density at radius 2 is 2.22 bits per heavy atom. The van der Waals surface area contributed by atoms with Crippen molar-refractivity contribution in [1.82, 2.24) is 4.98 Å². The predicted octanol–water partition coefficient (Wildman–Crippen LogP) is 3.35. The summed E-state index contributed by atoms with van der Waals surface area (Å²) >= 11 is 1.51. The zero-order chi connectivity index (χ0) is 16.2. The van der Waals surface area contributed by atoms with Crippen LogP contribution in [0.4, 0.5) is 5.69 Å². The number of benzene rings is 1. The van der Waals surface area contributed by atoms with E-state index >= 15 is 0 Å². The fourth-order valence-electron chi connectivity index (χ4n) is 2.29. The van der Waals surface area contributed by atoms with Gasteiger partial charge in [0.25, 0.3) is 0 Å². The number of thiazole rings is 1. The maximum absolute atomic E-state index is 12.2. The molecular formula is C17H17N3O2S. The molecule has 0 fully saturated rings. The van der Waals surface area contributed by atoms with Crippen molar-refractivity contribution in [1.29, 1.82) is 0 Å². The van der Waals surface area contributed by atoms with Crippen LogP contribution in [-0.2, 0) is 17.8 Å². The van der Waals surface area contributed by atoms with E-state index in [4.69, 9.17) is 10.2 Å². The average Bonchev–Trinajstić information content (AvgIpc) is 3.17. The molecule has 3 aromatic rings. The van der Waals surface area contributed by atoms with Crippen LogP contribution in [0.5, 0.6) is 0 Å². The molecule has 0 radical (unpaired) electrons. The summed E-state index contributed by atoms with van der Waals surface area (Å²) in [5.41, 5.74) is 8.14. The van der Waals surface area contributed by atoms with E-state index in [1.54, 1.807) is 6.26 Å². The predicted molar refractivity (Wildman–Crippen MR) is 91.2 cm³/mol. The second kappa shape index (κ2) is 6.76. The van der Waals surface area contributed by atoms with Gasteiger partial charge in [0.05, 0.1) is 12.7 Å². The molecular weight excluding hydrogens is 310 g/mol. The number of aromatic nitrogens is 1. The molecule has 0 spiro atoms. The van der Waals surface area contributed by atoms with Gasteiger partial charge in [-0.25, -0.2) is 4.98 Å². The second-order valence-corrected chi connectivity index (χ2v) is 6.41. The minimum Gasteiger partial charge on any atom is -0.463 e. The Bertz CT molecular complexity index is 809. The van der Waals surface area contributed by atoms with Crippen molar-refractivity contribution in [2.24, 2.45) is 5.73 Å². The molecule has 0 bridgehead atoms. The van der Waals surface area contributed by atoms with Crippen LogP contribution in [0.25, 0.3) is 11.5 Å². The topological polar surface area (TPSA) is 81.2 Å². The highest BCUT2D eigenvalue weighted by Gasteiger charge is 2.14. The molecule has 5 nitrogen and oxygen atoms in total. The van der Waals surface area contributed by atoms with Crippen molar-refractivity contribution in [3.63, 3.8) is 0 Å². The first-order valence-electron chi connectivity index (χ1n) is 7.25. The standard InChI is InChI=1S/C17H17N3O2S/c1-11-17(14-6-3-7-22-14)20-16(23-11)9-15(21)19-13-5-2-4-12(8-13)10-18/h2-8H,9-10,18H2,1H3,(H,19,21). The fourth-order valence-corrected chi connectivity index (χ4v) is 3.22. The third kappa shape index (κ3) is 3.67. The van der Waals surface area contributed by atoms with E-state index in [0.29, 0.717) is 6.54 Å². The van der Waals surface area contributed by atoms with Crippen molar-refractivity contribution in [3.05, 3.63) is 58.1 Å². The lowest BCUT2D eigenvalue weighted by Crippen LogP contribution is -2.14. The van der Waals surface area contributed by atoms with Gasteiger partial charge in [0, 0.05) is 17.1 Å². The highest BCUT2D eigenvalue weighted by Crippen LogP contribution is 2.28. The molecule has 0 saturated carbocycles. The molecule has 3 rings (SSSR count). The van der Waals surface area contributed by atoms with E-state index in [0.717, 1.165) is 32.6 Å². The number of nitrogens with zero attached hydrogens (tertiary/aromatic N) is 1. The Morgan fingerprint density at radius 3 is 2.96 bits per heavy atom. The van der Waals surface area contributed by atoms with Gasteiger partial charge in [-0.1, -0.05) is 12.1 Å². The summed E-state index contributed by atoms with van der Waals surface area (Å²) in [5.74, 6) is 0.625. The van der Waals surface area contributed by atoms with Gasteiger partial charge in [-0.3, -0.25) is 4.79 Å². The summed E-state index contributed by atoms with van der Waals surface area (Å²) in [4.78, 5) is 17.7. The van der Waals surface area contributed by atoms with Crippen LogP contribution in [0.15, 0.2) is 47.1 Å². The van der Waals surface area contributed by atoms with Crippen molar-refractivity contribution >= 4 is 22.9 Å². The summed E-state index contributed by atoms with van der Waals surface area (Å²) < 4.78 is 5.37. The number of aryl methyl sites for hydroxylation is 1. The SMILES string of the molecule is Cc1sc(CC(=O)Nc2cccc(CN)c2)nc1-c1ccco1. The van der Waals surface area contributed by atoms with Crippen LogP contribution in [0.2, 0.25) is 0 Å². The fraction of sp³-hybridized carbons (Fsp3) is 0.176. The van der Waals surface area contributed by atoms with E-state index in [1.165, 1.54) is 11.3 Å². The third-order valence-electron chi connectivity index (χ3n) is 3.35. The minimum atomic E-state index is -0.0982. The van der Waals surface area contributed by atoms with E-state index in [2.05, 4.69) is 10.3 Å². The summed E-state index contributed by atoms with van der Waals surface area (Å²) in [7, 11) is 0. The Labute approximate surface area is 138 Å². The van der Waals surface area contributed by atoms with Crippen LogP contribution in [0.1, 0.15) is 15.4 Å². The minimum absolute atomic E-state index is 0.0982. The van der Waals surface area contributed by atoms with Gasteiger partial charge >= 0.3 is 0 Å². The van der Waals surface area contributed by atoms with E-state index in [9.17, 15) is 4.79 Å². The number of nitrogens with two attached hydrogens (primary N) is 1. The van der Waals surface area contributed by atoms with Crippen LogP contribution >= 0.6 is 11.3 Å². The number of furan rings is 1. The molecule has 1 amide bonds. The van der Waals surface area contributed by atoms with Crippen molar-refractivity contribution in [3.8, 4) is 11.5 Å². The summed E-state index contributed by atoms with van der Waals surface area (Å²) in [6, 6.07) is 11.2. The number of carbonyl (C=O) groups is 1. The molecule has 0 atom stereocenters. The number of nitrogens with one attached hydrogen (secondary N) is 1. The van der Waals surface area contributed by atoms with Gasteiger partial charge in [-0.05, 0) is 36.8 Å². The van der Waals surface area contributed by atoms with Gasteiger partial charge < -0.3 is 15.5 Å². The number of carbonyl (C=O) groups excluding carboxylic acids is 1. The molecule has 0 aliphatic heterocycles. The maximum Gasteiger partial charge on any atom is 0.231 e. The average molecular weight is 327 g/mol.